The fraction of sp³-hybridized carbons (Fsp3) is 0.364. The summed E-state index contributed by atoms with van der Waals surface area (Å²) in [4.78, 5) is 21.6. The second-order valence-electron chi connectivity index (χ2n) is 3.66. The van der Waals surface area contributed by atoms with Crippen LogP contribution in [0.15, 0.2) is 18.2 Å². The summed E-state index contributed by atoms with van der Waals surface area (Å²) in [6, 6.07) is 3.85. The number of nitrogens with zero attached hydrogens (tertiary/aromatic N) is 1. The smallest absolute Gasteiger partial charge is 0.322 e. The minimum Gasteiger partial charge on any atom is -0.468 e. The molecule has 0 aromatic heterocycles. The van der Waals surface area contributed by atoms with Gasteiger partial charge in [0.1, 0.15) is 6.04 Å². The Morgan fingerprint density at radius 3 is 2.76 bits per heavy atom. The van der Waals surface area contributed by atoms with E-state index in [9.17, 15) is 14.9 Å². The molecule has 0 saturated carbocycles. The van der Waals surface area contributed by atoms with E-state index in [0.717, 1.165) is 5.56 Å². The zero-order valence-electron chi connectivity index (χ0n) is 9.67. The normalized spacial score (nSPS) is 11.9. The molecule has 0 aliphatic rings. The van der Waals surface area contributed by atoms with Gasteiger partial charge in [0.15, 0.2) is 0 Å². The molecule has 92 valence electrons. The standard InChI is InChI=1S/C11H14N2O4/c1-7-4-3-5-10(13(15)16)8(7)6-9(12)11(14)17-2/h3-5,9H,6,12H2,1-2H3/t9-/m0/s1. The monoisotopic (exact) mass is 238 g/mol. The van der Waals surface area contributed by atoms with Gasteiger partial charge in [-0.2, -0.15) is 0 Å². The van der Waals surface area contributed by atoms with Gasteiger partial charge in [0.05, 0.1) is 12.0 Å². The Kier molecular flexibility index (Phi) is 4.17. The molecule has 2 N–H and O–H groups in total. The van der Waals surface area contributed by atoms with Crippen LogP contribution in [0.3, 0.4) is 0 Å². The number of nitrogens with two attached hydrogens (primary N) is 1. The molecule has 0 aliphatic carbocycles. The van der Waals surface area contributed by atoms with Gasteiger partial charge in [-0.05, 0) is 12.5 Å². The molecule has 0 fully saturated rings. The van der Waals surface area contributed by atoms with Gasteiger partial charge in [-0.25, -0.2) is 0 Å². The predicted molar refractivity (Wildman–Crippen MR) is 61.5 cm³/mol. The van der Waals surface area contributed by atoms with Crippen molar-refractivity contribution in [2.75, 3.05) is 7.11 Å². The number of ether oxygens (including phenoxy) is 1. The summed E-state index contributed by atoms with van der Waals surface area (Å²) in [5, 5.41) is 10.8. The summed E-state index contributed by atoms with van der Waals surface area (Å²) in [7, 11) is 1.23. The molecular weight excluding hydrogens is 224 g/mol. The number of aryl methyl sites for hydroxylation is 1. The Balaban J connectivity index is 3.05. The van der Waals surface area contributed by atoms with Gasteiger partial charge in [-0.15, -0.1) is 0 Å². The van der Waals surface area contributed by atoms with Crippen LogP contribution >= 0.6 is 0 Å². The van der Waals surface area contributed by atoms with Crippen LogP contribution in [0.5, 0.6) is 0 Å². The van der Waals surface area contributed by atoms with E-state index in [0.29, 0.717) is 5.56 Å². The number of hydrogen-bond donors (Lipinski definition) is 1. The van der Waals surface area contributed by atoms with Crippen LogP contribution < -0.4 is 5.73 Å². The van der Waals surface area contributed by atoms with Gasteiger partial charge in [0, 0.05) is 18.1 Å². The summed E-state index contributed by atoms with van der Waals surface area (Å²) in [5.41, 5.74) is 6.78. The van der Waals surface area contributed by atoms with E-state index < -0.39 is 16.9 Å². The summed E-state index contributed by atoms with van der Waals surface area (Å²) in [5.74, 6) is -0.581. The second kappa shape index (κ2) is 5.40. The average Bonchev–Trinajstić information content (AvgIpc) is 2.30. The van der Waals surface area contributed by atoms with Gasteiger partial charge < -0.3 is 10.5 Å². The maximum absolute atomic E-state index is 11.2. The first-order valence-corrected chi connectivity index (χ1v) is 5.03. The molecule has 0 radical (unpaired) electrons. The summed E-state index contributed by atoms with van der Waals surface area (Å²) >= 11 is 0. The van der Waals surface area contributed by atoms with Gasteiger partial charge in [-0.1, -0.05) is 12.1 Å². The molecular formula is C11H14N2O4. The zero-order chi connectivity index (χ0) is 13.0. The molecule has 1 aromatic carbocycles. The van der Waals surface area contributed by atoms with Crippen LogP contribution in [0, 0.1) is 17.0 Å². The number of methoxy groups -OCH3 is 1. The molecule has 0 spiro atoms. The Hall–Kier alpha value is -1.95. The van der Waals surface area contributed by atoms with Crippen LogP contribution in [0.25, 0.3) is 0 Å². The third-order valence-corrected chi connectivity index (χ3v) is 2.51. The lowest BCUT2D eigenvalue weighted by molar-refractivity contribution is -0.385. The summed E-state index contributed by atoms with van der Waals surface area (Å²) in [6.07, 6.45) is 0.0929. The highest BCUT2D eigenvalue weighted by atomic mass is 16.6. The van der Waals surface area contributed by atoms with Crippen molar-refractivity contribution in [3.8, 4) is 0 Å². The maximum Gasteiger partial charge on any atom is 0.322 e. The average molecular weight is 238 g/mol. The lowest BCUT2D eigenvalue weighted by atomic mass is 9.99. The van der Waals surface area contributed by atoms with Crippen LogP contribution in [0.4, 0.5) is 5.69 Å². The molecule has 1 aromatic rings. The minimum atomic E-state index is -0.889. The van der Waals surface area contributed by atoms with Crippen molar-refractivity contribution < 1.29 is 14.5 Å². The number of nitro groups is 1. The lowest BCUT2D eigenvalue weighted by Crippen LogP contribution is -2.34. The second-order valence-corrected chi connectivity index (χ2v) is 3.66. The number of esters is 1. The van der Waals surface area contributed by atoms with Gasteiger partial charge >= 0.3 is 5.97 Å². The van der Waals surface area contributed by atoms with Crippen molar-refractivity contribution in [1.29, 1.82) is 0 Å². The quantitative estimate of drug-likeness (QED) is 0.478. The van der Waals surface area contributed by atoms with Crippen molar-refractivity contribution in [3.63, 3.8) is 0 Å². The van der Waals surface area contributed by atoms with E-state index >= 15 is 0 Å². The Bertz CT molecular complexity index is 445. The lowest BCUT2D eigenvalue weighted by Gasteiger charge is -2.11. The van der Waals surface area contributed by atoms with E-state index in [2.05, 4.69) is 4.74 Å². The number of carbonyl (C=O) groups is 1. The highest BCUT2D eigenvalue weighted by Gasteiger charge is 2.22. The fourth-order valence-electron chi connectivity index (χ4n) is 1.58. The molecule has 1 rings (SSSR count). The Labute approximate surface area is 98.5 Å². The maximum atomic E-state index is 11.2. The van der Waals surface area contributed by atoms with Gasteiger partial charge in [-0.3, -0.25) is 14.9 Å². The highest BCUT2D eigenvalue weighted by Crippen LogP contribution is 2.23. The number of carbonyl (C=O) groups excluding carboxylic acids is 1. The molecule has 1 atom stereocenters. The largest absolute Gasteiger partial charge is 0.468 e. The van der Waals surface area contributed by atoms with E-state index in [4.69, 9.17) is 5.73 Å². The molecule has 0 bridgehead atoms. The molecule has 17 heavy (non-hydrogen) atoms. The van der Waals surface area contributed by atoms with Crippen molar-refractivity contribution in [3.05, 3.63) is 39.4 Å². The predicted octanol–water partition coefficient (Wildman–Crippen LogP) is 0.946. The van der Waals surface area contributed by atoms with E-state index in [-0.39, 0.29) is 12.1 Å². The van der Waals surface area contributed by atoms with Crippen molar-refractivity contribution in [1.82, 2.24) is 0 Å². The highest BCUT2D eigenvalue weighted by molar-refractivity contribution is 5.76. The van der Waals surface area contributed by atoms with E-state index in [1.807, 2.05) is 0 Å². The number of hydrogen-bond acceptors (Lipinski definition) is 5. The molecule has 6 heteroatoms. The molecule has 0 unspecified atom stereocenters. The van der Waals surface area contributed by atoms with Crippen molar-refractivity contribution in [2.24, 2.45) is 5.73 Å². The zero-order valence-corrected chi connectivity index (χ0v) is 9.67. The van der Waals surface area contributed by atoms with Crippen LogP contribution in [0.2, 0.25) is 0 Å². The first-order chi connectivity index (χ1) is 7.97. The minimum absolute atomic E-state index is 0.0237. The summed E-state index contributed by atoms with van der Waals surface area (Å²) < 4.78 is 4.49. The summed E-state index contributed by atoms with van der Waals surface area (Å²) in [6.45, 7) is 1.74. The molecule has 0 saturated heterocycles. The Morgan fingerprint density at radius 2 is 2.24 bits per heavy atom. The van der Waals surface area contributed by atoms with Gasteiger partial charge in [0.2, 0.25) is 0 Å². The Morgan fingerprint density at radius 1 is 1.59 bits per heavy atom. The number of nitro benzene ring substituents is 1. The first kappa shape index (κ1) is 13.1. The van der Waals surface area contributed by atoms with Crippen LogP contribution in [-0.4, -0.2) is 24.0 Å². The first-order valence-electron chi connectivity index (χ1n) is 5.03. The SMILES string of the molecule is COC(=O)[C@@H](N)Cc1c(C)cccc1[N+](=O)[O-]. The third-order valence-electron chi connectivity index (χ3n) is 2.51. The van der Waals surface area contributed by atoms with Crippen LogP contribution in [0.1, 0.15) is 11.1 Å². The number of rotatable bonds is 4. The van der Waals surface area contributed by atoms with Gasteiger partial charge in [0.25, 0.3) is 5.69 Å². The van der Waals surface area contributed by atoms with Crippen LogP contribution in [-0.2, 0) is 16.0 Å². The molecule has 0 heterocycles. The topological polar surface area (TPSA) is 95.5 Å². The fourth-order valence-corrected chi connectivity index (χ4v) is 1.58. The van der Waals surface area contributed by atoms with E-state index in [1.54, 1.807) is 19.1 Å². The van der Waals surface area contributed by atoms with E-state index in [1.165, 1.54) is 13.2 Å². The number of benzene rings is 1. The van der Waals surface area contributed by atoms with Crippen molar-refractivity contribution >= 4 is 11.7 Å². The molecule has 0 aliphatic heterocycles. The third kappa shape index (κ3) is 3.01. The molecule has 6 nitrogen and oxygen atoms in total. The molecule has 0 amide bonds. The van der Waals surface area contributed by atoms with Crippen molar-refractivity contribution in [2.45, 2.75) is 19.4 Å².